The second kappa shape index (κ2) is 9.24. The number of aliphatic imine (C=N–C) groups is 4. The number of esters is 1. The molecular formula is C31H22N4O2. The summed E-state index contributed by atoms with van der Waals surface area (Å²) >= 11 is 0. The first-order valence-electron chi connectivity index (χ1n) is 12.0. The second-order valence-electron chi connectivity index (χ2n) is 8.81. The fourth-order valence-electron chi connectivity index (χ4n) is 4.15. The third-order valence-electron chi connectivity index (χ3n) is 6.13. The summed E-state index contributed by atoms with van der Waals surface area (Å²) < 4.78 is 5.42. The Morgan fingerprint density at radius 1 is 0.703 bits per heavy atom. The van der Waals surface area contributed by atoms with Gasteiger partial charge in [-0.3, -0.25) is 0 Å². The van der Waals surface area contributed by atoms with Crippen LogP contribution in [0, 0.1) is 0 Å². The molecule has 0 saturated carbocycles. The molecule has 178 valence electrons. The van der Waals surface area contributed by atoms with Crippen LogP contribution in [0.25, 0.3) is 5.57 Å². The lowest BCUT2D eigenvalue weighted by Crippen LogP contribution is -2.09. The van der Waals surface area contributed by atoms with E-state index >= 15 is 0 Å². The molecule has 0 atom stereocenters. The van der Waals surface area contributed by atoms with Crippen LogP contribution in [-0.4, -0.2) is 28.8 Å². The molecule has 0 spiro atoms. The summed E-state index contributed by atoms with van der Waals surface area (Å²) in [6.07, 6.45) is 22.2. The molecule has 37 heavy (non-hydrogen) atoms. The molecule has 5 aliphatic rings. The number of fused-ring (bicyclic) bond motifs is 4. The maximum Gasteiger partial charge on any atom is 0.338 e. The Morgan fingerprint density at radius 3 is 1.81 bits per heavy atom. The molecule has 0 aromatic heterocycles. The Balaban J connectivity index is 1.37. The van der Waals surface area contributed by atoms with Gasteiger partial charge in [-0.1, -0.05) is 25.6 Å². The Hall–Kier alpha value is -4.97. The Bertz CT molecular complexity index is 1630. The van der Waals surface area contributed by atoms with Crippen LogP contribution in [0.5, 0.6) is 5.75 Å². The highest BCUT2D eigenvalue weighted by atomic mass is 16.5. The highest BCUT2D eigenvalue weighted by molar-refractivity contribution is 6.19. The standard InChI is InChI=1S/C31H22N4O2/c1-3-19(2)31(36)37-28-12-4-20(5-13-28)29-17-27-16-25-9-8-23(33-25)14-21-6-7-22(32-21)15-24-10-11-26(34-24)18-30(29)35-27/h4-18H,2-3H2,1H3. The minimum absolute atomic E-state index is 0.415. The van der Waals surface area contributed by atoms with Crippen LogP contribution >= 0.6 is 0 Å². The normalized spacial score (nSPS) is 18.8. The molecule has 1 aromatic rings. The zero-order valence-electron chi connectivity index (χ0n) is 20.2. The van der Waals surface area contributed by atoms with Crippen molar-refractivity contribution in [1.82, 2.24) is 0 Å². The van der Waals surface area contributed by atoms with Crippen LogP contribution in [0.4, 0.5) is 0 Å². The predicted molar refractivity (Wildman–Crippen MR) is 149 cm³/mol. The number of hydrogen-bond donors (Lipinski definition) is 0. The van der Waals surface area contributed by atoms with Gasteiger partial charge in [0.15, 0.2) is 0 Å². The van der Waals surface area contributed by atoms with E-state index in [1.165, 1.54) is 0 Å². The molecule has 0 radical (unpaired) electrons. The molecule has 0 fully saturated rings. The van der Waals surface area contributed by atoms with Gasteiger partial charge in [-0.05, 0) is 91.0 Å². The predicted octanol–water partition coefficient (Wildman–Crippen LogP) is 5.98. The molecule has 0 saturated heterocycles. The summed E-state index contributed by atoms with van der Waals surface area (Å²) in [7, 11) is 0. The molecule has 0 aliphatic carbocycles. The van der Waals surface area contributed by atoms with Crippen LogP contribution in [-0.2, 0) is 4.79 Å². The van der Waals surface area contributed by atoms with Gasteiger partial charge >= 0.3 is 5.97 Å². The van der Waals surface area contributed by atoms with Gasteiger partial charge in [0.2, 0.25) is 0 Å². The van der Waals surface area contributed by atoms with E-state index in [-0.39, 0.29) is 0 Å². The van der Waals surface area contributed by atoms with Crippen LogP contribution in [0.3, 0.4) is 0 Å². The summed E-state index contributed by atoms with van der Waals surface area (Å²) in [5.41, 5.74) is 8.90. The molecule has 6 nitrogen and oxygen atoms in total. The highest BCUT2D eigenvalue weighted by Gasteiger charge is 2.19. The van der Waals surface area contributed by atoms with E-state index in [1.54, 1.807) is 12.1 Å². The van der Waals surface area contributed by atoms with E-state index in [2.05, 4.69) is 11.6 Å². The van der Waals surface area contributed by atoms with Crippen molar-refractivity contribution in [3.63, 3.8) is 0 Å². The summed E-state index contributed by atoms with van der Waals surface area (Å²) in [6, 6.07) is 7.40. The lowest BCUT2D eigenvalue weighted by molar-refractivity contribution is -0.130. The van der Waals surface area contributed by atoms with E-state index < -0.39 is 5.97 Å². The first-order valence-corrected chi connectivity index (χ1v) is 12.0. The maximum absolute atomic E-state index is 12.1. The van der Waals surface area contributed by atoms with Gasteiger partial charge in [-0.2, -0.15) is 0 Å². The van der Waals surface area contributed by atoms with Crippen LogP contribution in [0.1, 0.15) is 18.9 Å². The summed E-state index contributed by atoms with van der Waals surface area (Å²) in [5, 5.41) is 0. The fraction of sp³-hybridized carbons (Fsp3) is 0.0645. The number of rotatable bonds is 4. The van der Waals surface area contributed by atoms with Crippen molar-refractivity contribution in [2.75, 3.05) is 0 Å². The quantitative estimate of drug-likeness (QED) is 0.301. The Morgan fingerprint density at radius 2 is 1.24 bits per heavy atom. The van der Waals surface area contributed by atoms with Gasteiger partial charge in [-0.15, -0.1) is 0 Å². The van der Waals surface area contributed by atoms with Crippen molar-refractivity contribution >= 4 is 34.4 Å². The topological polar surface area (TPSA) is 75.7 Å². The van der Waals surface area contributed by atoms with Crippen LogP contribution in [0.15, 0.2) is 146 Å². The maximum atomic E-state index is 12.1. The number of carbonyl (C=O) groups excluding carboxylic acids is 1. The van der Waals surface area contributed by atoms with Crippen molar-refractivity contribution in [2.24, 2.45) is 20.0 Å². The van der Waals surface area contributed by atoms with Crippen molar-refractivity contribution < 1.29 is 9.53 Å². The molecule has 6 rings (SSSR count). The summed E-state index contributed by atoms with van der Waals surface area (Å²) in [4.78, 5) is 31.0. The van der Waals surface area contributed by atoms with Gasteiger partial charge in [0.05, 0.1) is 45.6 Å². The molecule has 5 heterocycles. The average Bonchev–Trinajstić information content (AvgIpc) is 3.69. The van der Waals surface area contributed by atoms with E-state index in [0.29, 0.717) is 17.7 Å². The van der Waals surface area contributed by atoms with Crippen LogP contribution < -0.4 is 4.74 Å². The molecule has 0 unspecified atom stereocenters. The fourth-order valence-corrected chi connectivity index (χ4v) is 4.15. The third-order valence-corrected chi connectivity index (χ3v) is 6.13. The number of hydrogen-bond acceptors (Lipinski definition) is 6. The minimum atomic E-state index is -0.415. The first kappa shape index (κ1) is 22.5. The van der Waals surface area contributed by atoms with Crippen molar-refractivity contribution in [2.45, 2.75) is 13.3 Å². The average molecular weight is 483 g/mol. The van der Waals surface area contributed by atoms with Crippen LogP contribution in [0.2, 0.25) is 0 Å². The number of carbonyl (C=O) groups is 1. The van der Waals surface area contributed by atoms with Crippen molar-refractivity contribution in [1.29, 1.82) is 0 Å². The summed E-state index contributed by atoms with van der Waals surface area (Å²) in [6.45, 7) is 5.61. The molecule has 0 N–H and O–H groups in total. The third kappa shape index (κ3) is 4.77. The summed E-state index contributed by atoms with van der Waals surface area (Å²) in [5.74, 6) is 0.0550. The number of nitrogens with zero attached hydrogens (tertiary/aromatic N) is 4. The van der Waals surface area contributed by atoms with E-state index in [0.717, 1.165) is 56.8 Å². The number of ether oxygens (including phenoxy) is 1. The molecule has 8 bridgehead atoms. The van der Waals surface area contributed by atoms with Gasteiger partial charge in [0.1, 0.15) is 5.75 Å². The highest BCUT2D eigenvalue weighted by Crippen LogP contribution is 2.32. The zero-order valence-corrected chi connectivity index (χ0v) is 20.2. The van der Waals surface area contributed by atoms with Gasteiger partial charge in [0.25, 0.3) is 0 Å². The minimum Gasteiger partial charge on any atom is -0.423 e. The number of benzene rings is 1. The first-order chi connectivity index (χ1) is 18.0. The smallest absolute Gasteiger partial charge is 0.338 e. The van der Waals surface area contributed by atoms with Crippen molar-refractivity contribution in [3.8, 4) is 5.75 Å². The number of allylic oxidation sites excluding steroid dienone is 12. The van der Waals surface area contributed by atoms with Gasteiger partial charge < -0.3 is 4.74 Å². The largest absolute Gasteiger partial charge is 0.423 e. The Kier molecular flexibility index (Phi) is 5.62. The second-order valence-corrected chi connectivity index (χ2v) is 8.81. The molecule has 1 aromatic carbocycles. The van der Waals surface area contributed by atoms with Crippen molar-refractivity contribution in [3.05, 3.63) is 132 Å². The zero-order chi connectivity index (χ0) is 25.4. The van der Waals surface area contributed by atoms with Gasteiger partial charge in [0, 0.05) is 11.1 Å². The molecule has 5 aliphatic heterocycles. The monoisotopic (exact) mass is 482 g/mol. The molecular weight excluding hydrogens is 460 g/mol. The SMILES string of the molecule is C=C(CC)C(=O)Oc1ccc(C2=CC3=NC2=CC2=NC(=CC4=NC(=CC5=NC(=C3)C=C5)C=C4)C=C2)cc1. The lowest BCUT2D eigenvalue weighted by atomic mass is 10.0. The lowest BCUT2D eigenvalue weighted by Gasteiger charge is -2.08. The van der Waals surface area contributed by atoms with E-state index in [1.807, 2.05) is 85.9 Å². The van der Waals surface area contributed by atoms with E-state index in [9.17, 15) is 4.79 Å². The van der Waals surface area contributed by atoms with Gasteiger partial charge in [-0.25, -0.2) is 24.8 Å². The van der Waals surface area contributed by atoms with E-state index in [4.69, 9.17) is 19.7 Å². The Labute approximate surface area is 214 Å². The molecule has 0 amide bonds. The molecule has 6 heteroatoms.